The van der Waals surface area contributed by atoms with Gasteiger partial charge < -0.3 is 10.5 Å². The number of ether oxygens (including phenoxy) is 1. The van der Waals surface area contributed by atoms with Gasteiger partial charge in [0.15, 0.2) is 0 Å². The van der Waals surface area contributed by atoms with E-state index in [1.165, 1.54) is 19.3 Å². The minimum atomic E-state index is -0.232. The Bertz CT molecular complexity index is 640. The molecule has 0 heterocycles. The molecule has 2 N–H and O–H groups in total. The maximum absolute atomic E-state index is 6.63. The van der Waals surface area contributed by atoms with Gasteiger partial charge in [0.1, 0.15) is 12.4 Å². The number of benzene rings is 2. The molecule has 1 fully saturated rings. The van der Waals surface area contributed by atoms with Crippen LogP contribution in [0.2, 0.25) is 5.02 Å². The molecule has 122 valence electrons. The summed E-state index contributed by atoms with van der Waals surface area (Å²) in [6.45, 7) is 2.57. The molecule has 0 bridgehead atoms. The first-order chi connectivity index (χ1) is 11.1. The Morgan fingerprint density at radius 1 is 1.09 bits per heavy atom. The average Bonchev–Trinajstić information content (AvgIpc) is 2.55. The van der Waals surface area contributed by atoms with Crippen LogP contribution < -0.4 is 10.5 Å². The minimum absolute atomic E-state index is 0.232. The maximum Gasteiger partial charge on any atom is 0.141 e. The van der Waals surface area contributed by atoms with E-state index < -0.39 is 0 Å². The first-order valence-electron chi connectivity index (χ1n) is 8.35. The lowest BCUT2D eigenvalue weighted by Gasteiger charge is -2.34. The number of aryl methyl sites for hydroxylation is 1. The summed E-state index contributed by atoms with van der Waals surface area (Å²) in [5.74, 6) is 0.763. The van der Waals surface area contributed by atoms with Crippen LogP contribution >= 0.6 is 11.6 Å². The normalized spacial score (nSPS) is 17.0. The first-order valence-corrected chi connectivity index (χ1v) is 8.72. The van der Waals surface area contributed by atoms with Gasteiger partial charge in [-0.25, -0.2) is 0 Å². The van der Waals surface area contributed by atoms with Gasteiger partial charge in [0, 0.05) is 5.54 Å². The molecule has 0 spiro atoms. The molecule has 2 aromatic rings. The van der Waals surface area contributed by atoms with Crippen LogP contribution in [0.25, 0.3) is 0 Å². The Labute approximate surface area is 143 Å². The zero-order chi connectivity index (χ0) is 16.3. The fraction of sp³-hybridized carbons (Fsp3) is 0.400. The number of nitrogens with two attached hydrogens (primary N) is 1. The van der Waals surface area contributed by atoms with Crippen molar-refractivity contribution in [3.63, 3.8) is 0 Å². The summed E-state index contributed by atoms with van der Waals surface area (Å²) in [5, 5.41) is 0.659. The zero-order valence-corrected chi connectivity index (χ0v) is 14.4. The quantitative estimate of drug-likeness (QED) is 0.821. The Kier molecular flexibility index (Phi) is 4.93. The van der Waals surface area contributed by atoms with Crippen molar-refractivity contribution in [1.82, 2.24) is 0 Å². The molecule has 1 aliphatic rings. The molecule has 0 atom stereocenters. The summed E-state index contributed by atoms with van der Waals surface area (Å²) < 4.78 is 5.96. The molecule has 3 heteroatoms. The lowest BCUT2D eigenvalue weighted by atomic mass is 9.77. The number of hydrogen-bond donors (Lipinski definition) is 1. The summed E-state index contributed by atoms with van der Waals surface area (Å²) in [6, 6.07) is 14.3. The highest BCUT2D eigenvalue weighted by Crippen LogP contribution is 2.39. The third kappa shape index (κ3) is 3.70. The second-order valence-electron chi connectivity index (χ2n) is 6.60. The van der Waals surface area contributed by atoms with Crippen molar-refractivity contribution in [2.75, 3.05) is 0 Å². The van der Waals surface area contributed by atoms with E-state index >= 15 is 0 Å². The Morgan fingerprint density at radius 3 is 2.43 bits per heavy atom. The van der Waals surface area contributed by atoms with Gasteiger partial charge in [0.05, 0.1) is 5.02 Å². The number of rotatable bonds is 4. The van der Waals surface area contributed by atoms with Gasteiger partial charge in [-0.1, -0.05) is 67.3 Å². The van der Waals surface area contributed by atoms with Gasteiger partial charge in [0.2, 0.25) is 0 Å². The Hall–Kier alpha value is -1.51. The molecule has 3 rings (SSSR count). The van der Waals surface area contributed by atoms with Crippen molar-refractivity contribution >= 4 is 11.6 Å². The van der Waals surface area contributed by atoms with Crippen LogP contribution in [0.5, 0.6) is 5.75 Å². The van der Waals surface area contributed by atoms with Gasteiger partial charge >= 0.3 is 0 Å². The van der Waals surface area contributed by atoms with E-state index in [0.717, 1.165) is 35.3 Å². The lowest BCUT2D eigenvalue weighted by molar-refractivity contribution is 0.296. The standard InChI is InChI=1S/C20H24ClNO/c1-15-12-17(20(22)10-6-3-7-11-20)13-18(21)19(15)23-14-16-8-4-2-5-9-16/h2,4-5,8-9,12-13H,3,6-7,10-11,14,22H2,1H3. The SMILES string of the molecule is Cc1cc(C2(N)CCCCC2)cc(Cl)c1OCc1ccccc1. The molecule has 0 amide bonds. The summed E-state index contributed by atoms with van der Waals surface area (Å²) in [5.41, 5.74) is 9.74. The second-order valence-corrected chi connectivity index (χ2v) is 7.00. The van der Waals surface area contributed by atoms with Crippen LogP contribution in [-0.2, 0) is 12.1 Å². The van der Waals surface area contributed by atoms with E-state index in [0.29, 0.717) is 11.6 Å². The molecule has 0 aliphatic heterocycles. The topological polar surface area (TPSA) is 35.2 Å². The molecule has 2 nitrogen and oxygen atoms in total. The maximum atomic E-state index is 6.63. The second kappa shape index (κ2) is 6.94. The summed E-state index contributed by atoms with van der Waals surface area (Å²) >= 11 is 6.50. The third-order valence-electron chi connectivity index (χ3n) is 4.78. The van der Waals surface area contributed by atoms with Gasteiger partial charge in [-0.3, -0.25) is 0 Å². The van der Waals surface area contributed by atoms with Crippen LogP contribution in [0.1, 0.15) is 48.8 Å². The smallest absolute Gasteiger partial charge is 0.141 e. The fourth-order valence-electron chi connectivity index (χ4n) is 3.40. The van der Waals surface area contributed by atoms with Gasteiger partial charge in [-0.2, -0.15) is 0 Å². The first kappa shape index (κ1) is 16.4. The van der Waals surface area contributed by atoms with Crippen LogP contribution in [-0.4, -0.2) is 0 Å². The van der Waals surface area contributed by atoms with Crippen molar-refractivity contribution in [1.29, 1.82) is 0 Å². The molecule has 1 saturated carbocycles. The molecule has 1 aliphatic carbocycles. The van der Waals surface area contributed by atoms with E-state index in [2.05, 4.69) is 18.2 Å². The van der Waals surface area contributed by atoms with Crippen LogP contribution in [0.15, 0.2) is 42.5 Å². The molecular weight excluding hydrogens is 306 g/mol. The lowest BCUT2D eigenvalue weighted by Crippen LogP contribution is -2.38. The monoisotopic (exact) mass is 329 g/mol. The highest BCUT2D eigenvalue weighted by Gasteiger charge is 2.30. The molecule has 23 heavy (non-hydrogen) atoms. The molecule has 2 aromatic carbocycles. The molecule has 0 saturated heterocycles. The van der Waals surface area contributed by atoms with Gasteiger partial charge in [-0.15, -0.1) is 0 Å². The van der Waals surface area contributed by atoms with E-state index in [4.69, 9.17) is 22.1 Å². The highest BCUT2D eigenvalue weighted by molar-refractivity contribution is 6.32. The van der Waals surface area contributed by atoms with Crippen molar-refractivity contribution in [2.24, 2.45) is 5.73 Å². The fourth-order valence-corrected chi connectivity index (χ4v) is 3.72. The van der Waals surface area contributed by atoms with Gasteiger partial charge in [-0.05, 0) is 42.5 Å². The summed E-state index contributed by atoms with van der Waals surface area (Å²) in [7, 11) is 0. The van der Waals surface area contributed by atoms with E-state index in [-0.39, 0.29) is 5.54 Å². The van der Waals surface area contributed by atoms with Crippen LogP contribution in [0.4, 0.5) is 0 Å². The molecule has 0 unspecified atom stereocenters. The Balaban J connectivity index is 1.80. The highest BCUT2D eigenvalue weighted by atomic mass is 35.5. The van der Waals surface area contributed by atoms with Crippen molar-refractivity contribution in [3.8, 4) is 5.75 Å². The average molecular weight is 330 g/mol. The third-order valence-corrected chi connectivity index (χ3v) is 5.06. The number of hydrogen-bond acceptors (Lipinski definition) is 2. The zero-order valence-electron chi connectivity index (χ0n) is 13.6. The predicted octanol–water partition coefficient (Wildman–Crippen LogP) is 5.35. The van der Waals surface area contributed by atoms with Crippen molar-refractivity contribution in [3.05, 3.63) is 64.2 Å². The van der Waals surface area contributed by atoms with Gasteiger partial charge in [0.25, 0.3) is 0 Å². The largest absolute Gasteiger partial charge is 0.487 e. The summed E-state index contributed by atoms with van der Waals surface area (Å²) in [4.78, 5) is 0. The molecular formula is C20H24ClNO. The summed E-state index contributed by atoms with van der Waals surface area (Å²) in [6.07, 6.45) is 5.74. The molecule has 0 radical (unpaired) electrons. The van der Waals surface area contributed by atoms with Crippen molar-refractivity contribution in [2.45, 2.75) is 51.2 Å². The predicted molar refractivity (Wildman–Crippen MR) is 95.9 cm³/mol. The van der Waals surface area contributed by atoms with E-state index in [9.17, 15) is 0 Å². The van der Waals surface area contributed by atoms with E-state index in [1.807, 2.05) is 31.2 Å². The van der Waals surface area contributed by atoms with Crippen LogP contribution in [0.3, 0.4) is 0 Å². The van der Waals surface area contributed by atoms with Crippen LogP contribution in [0, 0.1) is 6.92 Å². The number of halogens is 1. The van der Waals surface area contributed by atoms with Crippen molar-refractivity contribution < 1.29 is 4.74 Å². The van der Waals surface area contributed by atoms with E-state index in [1.54, 1.807) is 0 Å². The minimum Gasteiger partial charge on any atom is -0.487 e. The molecule has 0 aromatic heterocycles. The Morgan fingerprint density at radius 2 is 1.78 bits per heavy atom.